The van der Waals surface area contributed by atoms with Crippen LogP contribution in [0.5, 0.6) is 0 Å². The molecule has 0 saturated heterocycles. The van der Waals surface area contributed by atoms with Gasteiger partial charge in [0.05, 0.1) is 12.7 Å². The number of aliphatic hydroxyl groups excluding tert-OH is 1. The van der Waals surface area contributed by atoms with Gasteiger partial charge in [-0.3, -0.25) is 0 Å². The number of benzene rings is 1. The standard InChI is InChI=1S/C14H19ClFNO2/c15-12-3-4-14(16)11(5-12)6-17-7-13(18)9-19-8-10-1-2-10/h3-5,10,13,17-18H,1-2,6-9H2. The molecule has 1 aromatic carbocycles. The highest BCUT2D eigenvalue weighted by Crippen LogP contribution is 2.28. The summed E-state index contributed by atoms with van der Waals surface area (Å²) in [6, 6.07) is 4.44. The summed E-state index contributed by atoms with van der Waals surface area (Å²) in [6.07, 6.45) is 1.91. The summed E-state index contributed by atoms with van der Waals surface area (Å²) in [6.45, 7) is 1.77. The Balaban J connectivity index is 1.62. The maximum absolute atomic E-state index is 13.4. The van der Waals surface area contributed by atoms with Gasteiger partial charge in [-0.2, -0.15) is 0 Å². The largest absolute Gasteiger partial charge is 0.389 e. The zero-order valence-corrected chi connectivity index (χ0v) is 11.5. The summed E-state index contributed by atoms with van der Waals surface area (Å²) in [7, 11) is 0. The molecule has 2 N–H and O–H groups in total. The van der Waals surface area contributed by atoms with E-state index in [2.05, 4.69) is 5.32 Å². The average Bonchev–Trinajstić information content (AvgIpc) is 3.18. The minimum absolute atomic E-state index is 0.295. The Bertz CT molecular complexity index is 412. The summed E-state index contributed by atoms with van der Waals surface area (Å²) >= 11 is 5.80. The van der Waals surface area contributed by atoms with Crippen molar-refractivity contribution in [2.45, 2.75) is 25.5 Å². The minimum Gasteiger partial charge on any atom is -0.389 e. The van der Waals surface area contributed by atoms with Crippen molar-refractivity contribution in [2.24, 2.45) is 5.92 Å². The number of hydrogen-bond donors (Lipinski definition) is 2. The van der Waals surface area contributed by atoms with Gasteiger partial charge < -0.3 is 15.2 Å². The molecule has 0 aromatic heterocycles. The van der Waals surface area contributed by atoms with Crippen molar-refractivity contribution in [3.05, 3.63) is 34.6 Å². The Morgan fingerprint density at radius 2 is 2.26 bits per heavy atom. The second kappa shape index (κ2) is 7.20. The third kappa shape index (κ3) is 5.45. The van der Waals surface area contributed by atoms with Gasteiger partial charge in [0.1, 0.15) is 5.82 Å². The van der Waals surface area contributed by atoms with Crippen LogP contribution in [0.4, 0.5) is 4.39 Å². The van der Waals surface area contributed by atoms with Crippen LogP contribution in [0.15, 0.2) is 18.2 Å². The molecule has 3 nitrogen and oxygen atoms in total. The molecule has 5 heteroatoms. The number of nitrogens with one attached hydrogen (secondary N) is 1. The molecule has 19 heavy (non-hydrogen) atoms. The molecule has 1 unspecified atom stereocenters. The monoisotopic (exact) mass is 287 g/mol. The molecule has 1 aliphatic rings. The van der Waals surface area contributed by atoms with Crippen LogP contribution < -0.4 is 5.32 Å². The third-order valence-corrected chi connectivity index (χ3v) is 3.30. The Kier molecular flexibility index (Phi) is 5.58. The van der Waals surface area contributed by atoms with E-state index < -0.39 is 6.10 Å². The Morgan fingerprint density at radius 3 is 3.00 bits per heavy atom. The molecule has 0 amide bonds. The molecule has 2 rings (SSSR count). The molecule has 1 atom stereocenters. The van der Waals surface area contributed by atoms with Gasteiger partial charge in [0.2, 0.25) is 0 Å². The lowest BCUT2D eigenvalue weighted by atomic mass is 10.2. The van der Waals surface area contributed by atoms with Gasteiger partial charge in [0.25, 0.3) is 0 Å². The van der Waals surface area contributed by atoms with Gasteiger partial charge in [0.15, 0.2) is 0 Å². The van der Waals surface area contributed by atoms with Gasteiger partial charge in [-0.15, -0.1) is 0 Å². The van der Waals surface area contributed by atoms with Gasteiger partial charge >= 0.3 is 0 Å². The number of rotatable bonds is 8. The fourth-order valence-electron chi connectivity index (χ4n) is 1.77. The minimum atomic E-state index is -0.569. The molecule has 0 radical (unpaired) electrons. The van der Waals surface area contributed by atoms with E-state index in [1.54, 1.807) is 6.07 Å². The average molecular weight is 288 g/mol. The zero-order chi connectivity index (χ0) is 13.7. The number of ether oxygens (including phenoxy) is 1. The van der Waals surface area contributed by atoms with E-state index in [4.69, 9.17) is 16.3 Å². The van der Waals surface area contributed by atoms with E-state index in [0.717, 1.165) is 6.61 Å². The topological polar surface area (TPSA) is 41.5 Å². The third-order valence-electron chi connectivity index (χ3n) is 3.06. The Labute approximate surface area is 117 Å². The number of halogens is 2. The van der Waals surface area contributed by atoms with Crippen LogP contribution in [0, 0.1) is 11.7 Å². The van der Waals surface area contributed by atoms with Crippen molar-refractivity contribution in [1.82, 2.24) is 5.32 Å². The second-order valence-electron chi connectivity index (χ2n) is 5.00. The van der Waals surface area contributed by atoms with Crippen LogP contribution in [0.25, 0.3) is 0 Å². The first-order valence-electron chi connectivity index (χ1n) is 6.55. The molecule has 1 saturated carbocycles. The van der Waals surface area contributed by atoms with E-state index in [1.807, 2.05) is 0 Å². The fraction of sp³-hybridized carbons (Fsp3) is 0.571. The lowest BCUT2D eigenvalue weighted by Gasteiger charge is -2.12. The van der Waals surface area contributed by atoms with Crippen LogP contribution in [0.3, 0.4) is 0 Å². The highest BCUT2D eigenvalue weighted by molar-refractivity contribution is 6.30. The molecule has 106 valence electrons. The molecule has 1 aliphatic carbocycles. The van der Waals surface area contributed by atoms with Crippen molar-refractivity contribution in [2.75, 3.05) is 19.8 Å². The van der Waals surface area contributed by atoms with Crippen LogP contribution in [0.1, 0.15) is 18.4 Å². The van der Waals surface area contributed by atoms with Crippen molar-refractivity contribution in [3.63, 3.8) is 0 Å². The first kappa shape index (κ1) is 14.7. The second-order valence-corrected chi connectivity index (χ2v) is 5.44. The summed E-state index contributed by atoms with van der Waals surface area (Å²) in [4.78, 5) is 0. The van der Waals surface area contributed by atoms with Gasteiger partial charge in [-0.1, -0.05) is 11.6 Å². The van der Waals surface area contributed by atoms with Crippen molar-refractivity contribution in [1.29, 1.82) is 0 Å². The Morgan fingerprint density at radius 1 is 1.47 bits per heavy atom. The Hall–Kier alpha value is -0.680. The van der Waals surface area contributed by atoms with E-state index in [1.165, 1.54) is 25.0 Å². The lowest BCUT2D eigenvalue weighted by molar-refractivity contribution is 0.0324. The van der Waals surface area contributed by atoms with E-state index in [-0.39, 0.29) is 5.82 Å². The highest BCUT2D eigenvalue weighted by Gasteiger charge is 2.21. The summed E-state index contributed by atoms with van der Waals surface area (Å²) in [5, 5.41) is 13.2. The molecular weight excluding hydrogens is 269 g/mol. The van der Waals surface area contributed by atoms with Gasteiger partial charge in [-0.25, -0.2) is 4.39 Å². The molecular formula is C14H19ClFNO2. The van der Waals surface area contributed by atoms with Crippen molar-refractivity contribution in [3.8, 4) is 0 Å². The summed E-state index contributed by atoms with van der Waals surface area (Å²) in [5.41, 5.74) is 0.499. The van der Waals surface area contributed by atoms with Crippen molar-refractivity contribution >= 4 is 11.6 Å². The predicted octanol–water partition coefficient (Wildman–Crippen LogP) is 2.36. The number of aliphatic hydroxyl groups is 1. The smallest absolute Gasteiger partial charge is 0.127 e. The molecule has 0 spiro atoms. The highest BCUT2D eigenvalue weighted by atomic mass is 35.5. The molecule has 0 heterocycles. The normalized spacial score (nSPS) is 16.6. The fourth-order valence-corrected chi connectivity index (χ4v) is 1.96. The van der Waals surface area contributed by atoms with E-state index in [0.29, 0.717) is 36.2 Å². The first-order chi connectivity index (χ1) is 9.15. The summed E-state index contributed by atoms with van der Waals surface area (Å²) < 4.78 is 18.8. The predicted molar refractivity (Wildman–Crippen MR) is 72.7 cm³/mol. The van der Waals surface area contributed by atoms with Gasteiger partial charge in [-0.05, 0) is 37.0 Å². The summed E-state index contributed by atoms with van der Waals surface area (Å²) in [5.74, 6) is 0.400. The van der Waals surface area contributed by atoms with Crippen LogP contribution in [-0.4, -0.2) is 31.0 Å². The van der Waals surface area contributed by atoms with Crippen LogP contribution >= 0.6 is 11.6 Å². The molecule has 0 aliphatic heterocycles. The van der Waals surface area contributed by atoms with Crippen molar-refractivity contribution < 1.29 is 14.2 Å². The maximum atomic E-state index is 13.4. The number of hydrogen-bond acceptors (Lipinski definition) is 3. The molecule has 1 aromatic rings. The maximum Gasteiger partial charge on any atom is 0.127 e. The first-order valence-corrected chi connectivity index (χ1v) is 6.93. The van der Waals surface area contributed by atoms with Crippen LogP contribution in [-0.2, 0) is 11.3 Å². The van der Waals surface area contributed by atoms with E-state index >= 15 is 0 Å². The van der Waals surface area contributed by atoms with Gasteiger partial charge in [0, 0.05) is 30.3 Å². The molecule has 1 fully saturated rings. The lowest BCUT2D eigenvalue weighted by Crippen LogP contribution is -2.30. The molecule has 0 bridgehead atoms. The van der Waals surface area contributed by atoms with E-state index in [9.17, 15) is 9.50 Å². The zero-order valence-electron chi connectivity index (χ0n) is 10.7. The quantitative estimate of drug-likeness (QED) is 0.771. The van der Waals surface area contributed by atoms with Crippen LogP contribution in [0.2, 0.25) is 5.02 Å². The SMILES string of the molecule is OC(CNCc1cc(Cl)ccc1F)COCC1CC1.